The summed E-state index contributed by atoms with van der Waals surface area (Å²) in [6.45, 7) is 2.00. The van der Waals surface area contributed by atoms with E-state index in [0.29, 0.717) is 17.0 Å². The van der Waals surface area contributed by atoms with Crippen LogP contribution in [0.1, 0.15) is 55.0 Å². The normalized spacial score (nSPS) is 15.8. The Bertz CT molecular complexity index is 530. The van der Waals surface area contributed by atoms with E-state index in [0.717, 1.165) is 31.2 Å². The number of nitriles is 1. The molecule has 0 unspecified atom stereocenters. The maximum Gasteiger partial charge on any atom is 0.241 e. The SMILES string of the molecule is CCC[C@@H](N)C(=O)Nc1sc2c(c1C#N)CCCCC2. The van der Waals surface area contributed by atoms with E-state index < -0.39 is 6.04 Å². The molecule has 0 aromatic carbocycles. The second-order valence-electron chi connectivity index (χ2n) is 5.26. The fourth-order valence-electron chi connectivity index (χ4n) is 2.60. The number of carbonyl (C=O) groups is 1. The van der Waals surface area contributed by atoms with E-state index in [9.17, 15) is 10.1 Å². The van der Waals surface area contributed by atoms with Crippen LogP contribution in [0.3, 0.4) is 0 Å². The summed E-state index contributed by atoms with van der Waals surface area (Å²) in [6, 6.07) is 1.77. The van der Waals surface area contributed by atoms with Gasteiger partial charge in [-0.25, -0.2) is 0 Å². The first-order chi connectivity index (χ1) is 9.67. The first kappa shape index (κ1) is 15.0. The third-order valence-corrected chi connectivity index (χ3v) is 4.91. The predicted molar refractivity (Wildman–Crippen MR) is 81.8 cm³/mol. The van der Waals surface area contributed by atoms with Crippen LogP contribution < -0.4 is 11.1 Å². The quantitative estimate of drug-likeness (QED) is 0.837. The number of aryl methyl sites for hydroxylation is 1. The zero-order chi connectivity index (χ0) is 14.5. The number of amides is 1. The van der Waals surface area contributed by atoms with Crippen molar-refractivity contribution in [2.24, 2.45) is 5.73 Å². The van der Waals surface area contributed by atoms with Crippen molar-refractivity contribution in [3.63, 3.8) is 0 Å². The molecule has 1 aromatic heterocycles. The Hall–Kier alpha value is -1.38. The number of nitrogens with zero attached hydrogens (tertiary/aromatic N) is 1. The van der Waals surface area contributed by atoms with Crippen molar-refractivity contribution in [1.29, 1.82) is 5.26 Å². The Kier molecular flexibility index (Phi) is 5.16. The van der Waals surface area contributed by atoms with Gasteiger partial charge in [-0.2, -0.15) is 5.26 Å². The minimum absolute atomic E-state index is 0.181. The molecule has 1 aromatic rings. The summed E-state index contributed by atoms with van der Waals surface area (Å²) in [5, 5.41) is 12.9. The smallest absolute Gasteiger partial charge is 0.241 e. The monoisotopic (exact) mass is 291 g/mol. The first-order valence-corrected chi connectivity index (χ1v) is 8.10. The van der Waals surface area contributed by atoms with Crippen LogP contribution in [0.2, 0.25) is 0 Å². The Morgan fingerprint density at radius 3 is 2.90 bits per heavy atom. The molecule has 1 heterocycles. The number of fused-ring (bicyclic) bond motifs is 1. The lowest BCUT2D eigenvalue weighted by atomic mass is 10.1. The van der Waals surface area contributed by atoms with Crippen molar-refractivity contribution >= 4 is 22.2 Å². The fraction of sp³-hybridized carbons (Fsp3) is 0.600. The van der Waals surface area contributed by atoms with Crippen LogP contribution in [-0.4, -0.2) is 11.9 Å². The lowest BCUT2D eigenvalue weighted by Gasteiger charge is -2.10. The van der Waals surface area contributed by atoms with Gasteiger partial charge in [0.25, 0.3) is 0 Å². The molecule has 20 heavy (non-hydrogen) atoms. The molecule has 4 nitrogen and oxygen atoms in total. The molecule has 108 valence electrons. The predicted octanol–water partition coefficient (Wildman–Crippen LogP) is 2.95. The van der Waals surface area contributed by atoms with Crippen LogP contribution >= 0.6 is 11.3 Å². The van der Waals surface area contributed by atoms with Crippen LogP contribution in [0.15, 0.2) is 0 Å². The van der Waals surface area contributed by atoms with Crippen molar-refractivity contribution in [2.75, 3.05) is 5.32 Å². The van der Waals surface area contributed by atoms with Crippen LogP contribution in [-0.2, 0) is 17.6 Å². The lowest BCUT2D eigenvalue weighted by molar-refractivity contribution is -0.117. The number of nitrogens with one attached hydrogen (secondary N) is 1. The van der Waals surface area contributed by atoms with Gasteiger partial charge in [0.05, 0.1) is 11.6 Å². The Morgan fingerprint density at radius 1 is 1.45 bits per heavy atom. The molecule has 0 aliphatic heterocycles. The maximum absolute atomic E-state index is 12.0. The highest BCUT2D eigenvalue weighted by Crippen LogP contribution is 2.36. The van der Waals surface area contributed by atoms with Gasteiger partial charge in [-0.1, -0.05) is 19.8 Å². The van der Waals surface area contributed by atoms with Crippen molar-refractivity contribution in [1.82, 2.24) is 0 Å². The van der Waals surface area contributed by atoms with Crippen LogP contribution in [0.5, 0.6) is 0 Å². The van der Waals surface area contributed by atoms with Crippen LogP contribution in [0.25, 0.3) is 0 Å². The number of hydrogen-bond acceptors (Lipinski definition) is 4. The van der Waals surface area contributed by atoms with E-state index in [4.69, 9.17) is 5.73 Å². The third-order valence-electron chi connectivity index (χ3n) is 3.71. The van der Waals surface area contributed by atoms with Crippen molar-refractivity contribution < 1.29 is 4.79 Å². The summed E-state index contributed by atoms with van der Waals surface area (Å²) in [5.74, 6) is -0.181. The fourth-order valence-corrected chi connectivity index (χ4v) is 3.84. The second-order valence-corrected chi connectivity index (χ2v) is 6.37. The van der Waals surface area contributed by atoms with E-state index >= 15 is 0 Å². The second kappa shape index (κ2) is 6.87. The van der Waals surface area contributed by atoms with Gasteiger partial charge >= 0.3 is 0 Å². The highest BCUT2D eigenvalue weighted by molar-refractivity contribution is 7.16. The highest BCUT2D eigenvalue weighted by atomic mass is 32.1. The third kappa shape index (κ3) is 3.20. The van der Waals surface area contributed by atoms with Gasteiger partial charge in [-0.3, -0.25) is 4.79 Å². The van der Waals surface area contributed by atoms with Gasteiger partial charge in [-0.05, 0) is 37.7 Å². The summed E-state index contributed by atoms with van der Waals surface area (Å²) in [6.07, 6.45) is 7.02. The van der Waals surface area contributed by atoms with Gasteiger partial charge in [0.2, 0.25) is 5.91 Å². The van der Waals surface area contributed by atoms with Gasteiger partial charge in [0.1, 0.15) is 11.1 Å². The number of carbonyl (C=O) groups excluding carboxylic acids is 1. The Morgan fingerprint density at radius 2 is 2.20 bits per heavy atom. The number of anilines is 1. The van der Waals surface area contributed by atoms with Gasteiger partial charge in [0, 0.05) is 4.88 Å². The number of nitrogens with two attached hydrogens (primary N) is 1. The molecule has 0 fully saturated rings. The van der Waals surface area contributed by atoms with E-state index in [-0.39, 0.29) is 5.91 Å². The standard InChI is InChI=1S/C15H21N3OS/c1-2-6-12(17)14(19)18-15-11(9-16)10-7-4-3-5-8-13(10)20-15/h12H,2-8,17H2,1H3,(H,18,19)/t12-/m1/s1. The zero-order valence-corrected chi connectivity index (χ0v) is 12.7. The van der Waals surface area contributed by atoms with Crippen LogP contribution in [0.4, 0.5) is 5.00 Å². The first-order valence-electron chi connectivity index (χ1n) is 7.28. The molecule has 1 aliphatic rings. The average Bonchev–Trinajstić information content (AvgIpc) is 2.60. The van der Waals surface area contributed by atoms with Gasteiger partial charge in [-0.15, -0.1) is 11.3 Å². The number of rotatable bonds is 4. The Labute approximate surface area is 124 Å². The molecule has 2 rings (SSSR count). The molecule has 3 N–H and O–H groups in total. The van der Waals surface area contributed by atoms with E-state index in [1.165, 1.54) is 17.7 Å². The largest absolute Gasteiger partial charge is 0.320 e. The van der Waals surface area contributed by atoms with E-state index in [1.54, 1.807) is 11.3 Å². The highest BCUT2D eigenvalue weighted by Gasteiger charge is 2.22. The van der Waals surface area contributed by atoms with Gasteiger partial charge < -0.3 is 11.1 Å². The van der Waals surface area contributed by atoms with Crippen molar-refractivity contribution in [3.05, 3.63) is 16.0 Å². The number of hydrogen-bond donors (Lipinski definition) is 2. The zero-order valence-electron chi connectivity index (χ0n) is 11.9. The molecule has 0 bridgehead atoms. The van der Waals surface area contributed by atoms with Crippen molar-refractivity contribution in [2.45, 2.75) is 57.9 Å². The molecular weight excluding hydrogens is 270 g/mol. The topological polar surface area (TPSA) is 78.9 Å². The maximum atomic E-state index is 12.0. The molecule has 1 atom stereocenters. The summed E-state index contributed by atoms with van der Waals surface area (Å²) in [7, 11) is 0. The summed E-state index contributed by atoms with van der Waals surface area (Å²) < 4.78 is 0. The van der Waals surface area contributed by atoms with Crippen molar-refractivity contribution in [3.8, 4) is 6.07 Å². The molecule has 0 saturated carbocycles. The number of thiophene rings is 1. The summed E-state index contributed by atoms with van der Waals surface area (Å²) >= 11 is 1.55. The Balaban J connectivity index is 2.20. The molecule has 1 aliphatic carbocycles. The molecule has 1 amide bonds. The summed E-state index contributed by atoms with van der Waals surface area (Å²) in [5.41, 5.74) is 7.63. The van der Waals surface area contributed by atoms with Crippen LogP contribution in [0, 0.1) is 11.3 Å². The lowest BCUT2D eigenvalue weighted by Crippen LogP contribution is -2.35. The van der Waals surface area contributed by atoms with Gasteiger partial charge in [0.15, 0.2) is 0 Å². The minimum Gasteiger partial charge on any atom is -0.320 e. The minimum atomic E-state index is -0.492. The molecular formula is C15H21N3OS. The van der Waals surface area contributed by atoms with E-state index in [2.05, 4.69) is 11.4 Å². The molecule has 5 heteroatoms. The molecule has 0 radical (unpaired) electrons. The summed E-state index contributed by atoms with van der Waals surface area (Å²) in [4.78, 5) is 13.3. The molecule has 0 spiro atoms. The average molecular weight is 291 g/mol. The van der Waals surface area contributed by atoms with E-state index in [1.807, 2.05) is 6.92 Å². The molecule has 0 saturated heterocycles.